The second-order valence-corrected chi connectivity index (χ2v) is 5.20. The van der Waals surface area contributed by atoms with Crippen molar-refractivity contribution in [1.29, 1.82) is 0 Å². The van der Waals surface area contributed by atoms with E-state index in [4.69, 9.17) is 0 Å². The van der Waals surface area contributed by atoms with Gasteiger partial charge >= 0.3 is 0 Å². The van der Waals surface area contributed by atoms with Gasteiger partial charge in [-0.1, -0.05) is 20.8 Å². The zero-order valence-electron chi connectivity index (χ0n) is 9.23. The van der Waals surface area contributed by atoms with Crippen LogP contribution in [0.2, 0.25) is 0 Å². The molecule has 13 heavy (non-hydrogen) atoms. The second-order valence-electron chi connectivity index (χ2n) is 5.20. The molecule has 0 aromatic rings. The minimum absolute atomic E-state index is 0.449. The van der Waals surface area contributed by atoms with Crippen molar-refractivity contribution in [3.63, 3.8) is 0 Å². The molecule has 76 valence electrons. The summed E-state index contributed by atoms with van der Waals surface area (Å²) in [6.07, 6.45) is 6.69. The predicted molar refractivity (Wildman–Crippen MR) is 55.7 cm³/mol. The zero-order chi connectivity index (χ0) is 9.90. The molecule has 0 aromatic carbocycles. The third-order valence-corrected chi connectivity index (χ3v) is 3.37. The van der Waals surface area contributed by atoms with Crippen molar-refractivity contribution in [2.24, 2.45) is 11.3 Å². The maximum atomic E-state index is 11.2. The van der Waals surface area contributed by atoms with Crippen molar-refractivity contribution in [2.45, 2.75) is 59.3 Å². The molecule has 1 aliphatic carbocycles. The summed E-state index contributed by atoms with van der Waals surface area (Å²) in [4.78, 5) is 11.2. The SMILES string of the molecule is CCC(=O)CC1CCC(C)(C)CC1. The van der Waals surface area contributed by atoms with Crippen LogP contribution in [-0.4, -0.2) is 5.78 Å². The second kappa shape index (κ2) is 4.26. The summed E-state index contributed by atoms with van der Waals surface area (Å²) in [6.45, 7) is 6.64. The number of carbonyl (C=O) groups is 1. The molecule has 0 unspecified atom stereocenters. The summed E-state index contributed by atoms with van der Waals surface area (Å²) in [5, 5.41) is 0. The van der Waals surface area contributed by atoms with Crippen LogP contribution >= 0.6 is 0 Å². The molecule has 0 N–H and O–H groups in total. The molecule has 1 fully saturated rings. The highest BCUT2D eigenvalue weighted by molar-refractivity contribution is 5.78. The molecule has 0 aromatic heterocycles. The average Bonchev–Trinajstić information content (AvgIpc) is 2.08. The lowest BCUT2D eigenvalue weighted by Gasteiger charge is -2.34. The van der Waals surface area contributed by atoms with E-state index in [-0.39, 0.29) is 0 Å². The van der Waals surface area contributed by atoms with Crippen LogP contribution in [0.1, 0.15) is 59.3 Å². The Morgan fingerprint density at radius 3 is 2.31 bits per heavy atom. The van der Waals surface area contributed by atoms with Crippen LogP contribution < -0.4 is 0 Å². The topological polar surface area (TPSA) is 17.1 Å². The molecule has 0 saturated heterocycles. The molecule has 0 bridgehead atoms. The largest absolute Gasteiger partial charge is 0.300 e. The molecule has 1 heteroatoms. The molecule has 1 aliphatic rings. The van der Waals surface area contributed by atoms with Crippen molar-refractivity contribution in [1.82, 2.24) is 0 Å². The molecule has 1 nitrogen and oxygen atoms in total. The van der Waals surface area contributed by atoms with Crippen molar-refractivity contribution < 1.29 is 4.79 Å². The zero-order valence-corrected chi connectivity index (χ0v) is 9.23. The summed E-state index contributed by atoms with van der Waals surface area (Å²) in [6, 6.07) is 0. The Balaban J connectivity index is 2.29. The van der Waals surface area contributed by atoms with E-state index < -0.39 is 0 Å². The fourth-order valence-corrected chi connectivity index (χ4v) is 2.13. The van der Waals surface area contributed by atoms with Crippen LogP contribution in [0.4, 0.5) is 0 Å². The first-order chi connectivity index (χ1) is 6.03. The number of Topliss-reactive ketones (excluding diaryl/α,β-unsaturated/α-hetero) is 1. The van der Waals surface area contributed by atoms with Gasteiger partial charge in [0.15, 0.2) is 0 Å². The Morgan fingerprint density at radius 1 is 1.31 bits per heavy atom. The van der Waals surface area contributed by atoms with Crippen molar-refractivity contribution in [3.8, 4) is 0 Å². The lowest BCUT2D eigenvalue weighted by atomic mass is 9.72. The molecular weight excluding hydrogens is 160 g/mol. The van der Waals surface area contributed by atoms with Crippen LogP contribution in [0.15, 0.2) is 0 Å². The monoisotopic (exact) mass is 182 g/mol. The Kier molecular flexibility index (Phi) is 3.52. The van der Waals surface area contributed by atoms with Crippen molar-refractivity contribution in [2.75, 3.05) is 0 Å². The van der Waals surface area contributed by atoms with E-state index in [1.165, 1.54) is 25.7 Å². The van der Waals surface area contributed by atoms with Crippen LogP contribution in [0, 0.1) is 11.3 Å². The summed E-state index contributed by atoms with van der Waals surface area (Å²) in [7, 11) is 0. The first kappa shape index (κ1) is 10.7. The molecule has 1 rings (SSSR count). The molecule has 0 aliphatic heterocycles. The first-order valence-electron chi connectivity index (χ1n) is 5.55. The van der Waals surface area contributed by atoms with Gasteiger partial charge in [-0.3, -0.25) is 4.79 Å². The highest BCUT2D eigenvalue weighted by Crippen LogP contribution is 2.39. The Hall–Kier alpha value is -0.330. The van der Waals surface area contributed by atoms with E-state index in [0.717, 1.165) is 12.8 Å². The lowest BCUT2D eigenvalue weighted by molar-refractivity contribution is -0.120. The van der Waals surface area contributed by atoms with E-state index in [0.29, 0.717) is 17.1 Å². The standard InChI is InChI=1S/C12H22O/c1-4-11(13)9-10-5-7-12(2,3)8-6-10/h10H,4-9H2,1-3H3. The van der Waals surface area contributed by atoms with Crippen LogP contribution in [0.5, 0.6) is 0 Å². The van der Waals surface area contributed by atoms with Gasteiger partial charge < -0.3 is 0 Å². The third-order valence-electron chi connectivity index (χ3n) is 3.37. The van der Waals surface area contributed by atoms with Gasteiger partial charge in [-0.2, -0.15) is 0 Å². The van der Waals surface area contributed by atoms with E-state index >= 15 is 0 Å². The Labute approximate surface area is 81.9 Å². The van der Waals surface area contributed by atoms with E-state index in [1.807, 2.05) is 6.92 Å². The number of carbonyl (C=O) groups excluding carboxylic acids is 1. The third kappa shape index (κ3) is 3.50. The maximum absolute atomic E-state index is 11.2. The minimum Gasteiger partial charge on any atom is -0.300 e. The fraction of sp³-hybridized carbons (Fsp3) is 0.917. The molecule has 0 radical (unpaired) electrons. The average molecular weight is 182 g/mol. The Morgan fingerprint density at radius 2 is 1.85 bits per heavy atom. The highest BCUT2D eigenvalue weighted by atomic mass is 16.1. The molecular formula is C12H22O. The van der Waals surface area contributed by atoms with Gasteiger partial charge in [0.25, 0.3) is 0 Å². The summed E-state index contributed by atoms with van der Waals surface area (Å²) >= 11 is 0. The van der Waals surface area contributed by atoms with E-state index in [9.17, 15) is 4.79 Å². The molecule has 0 heterocycles. The van der Waals surface area contributed by atoms with Crippen LogP contribution in [0.3, 0.4) is 0 Å². The number of rotatable bonds is 3. The van der Waals surface area contributed by atoms with Gasteiger partial charge in [0.05, 0.1) is 0 Å². The van der Waals surface area contributed by atoms with Crippen LogP contribution in [-0.2, 0) is 4.79 Å². The van der Waals surface area contributed by atoms with Gasteiger partial charge in [-0.25, -0.2) is 0 Å². The highest BCUT2D eigenvalue weighted by Gasteiger charge is 2.27. The number of hydrogen-bond donors (Lipinski definition) is 0. The van der Waals surface area contributed by atoms with Crippen molar-refractivity contribution in [3.05, 3.63) is 0 Å². The molecule has 0 spiro atoms. The van der Waals surface area contributed by atoms with Crippen molar-refractivity contribution >= 4 is 5.78 Å². The normalized spacial score (nSPS) is 23.0. The van der Waals surface area contributed by atoms with E-state index in [2.05, 4.69) is 13.8 Å². The number of ketones is 1. The lowest BCUT2D eigenvalue weighted by Crippen LogP contribution is -2.22. The minimum atomic E-state index is 0.449. The van der Waals surface area contributed by atoms with Gasteiger partial charge in [0.1, 0.15) is 5.78 Å². The summed E-state index contributed by atoms with van der Waals surface area (Å²) in [5.74, 6) is 1.14. The fourth-order valence-electron chi connectivity index (χ4n) is 2.13. The van der Waals surface area contributed by atoms with Crippen LogP contribution in [0.25, 0.3) is 0 Å². The van der Waals surface area contributed by atoms with E-state index in [1.54, 1.807) is 0 Å². The van der Waals surface area contributed by atoms with Gasteiger partial charge in [-0.05, 0) is 37.0 Å². The quantitative estimate of drug-likeness (QED) is 0.652. The smallest absolute Gasteiger partial charge is 0.132 e. The predicted octanol–water partition coefficient (Wildman–Crippen LogP) is 3.57. The molecule has 0 atom stereocenters. The Bertz CT molecular complexity index is 172. The van der Waals surface area contributed by atoms with Gasteiger partial charge in [0.2, 0.25) is 0 Å². The number of hydrogen-bond acceptors (Lipinski definition) is 1. The molecule has 0 amide bonds. The van der Waals surface area contributed by atoms with Gasteiger partial charge in [0, 0.05) is 12.8 Å². The van der Waals surface area contributed by atoms with Gasteiger partial charge in [-0.15, -0.1) is 0 Å². The first-order valence-corrected chi connectivity index (χ1v) is 5.55. The summed E-state index contributed by atoms with van der Waals surface area (Å²) < 4.78 is 0. The summed E-state index contributed by atoms with van der Waals surface area (Å²) in [5.41, 5.74) is 0.533. The molecule has 1 saturated carbocycles. The maximum Gasteiger partial charge on any atom is 0.132 e.